The van der Waals surface area contributed by atoms with E-state index < -0.39 is 15.9 Å². The number of halogens is 1. The molecule has 4 heterocycles. The van der Waals surface area contributed by atoms with Crippen molar-refractivity contribution in [1.29, 1.82) is 0 Å². The molecule has 228 valence electrons. The molecule has 0 saturated carbocycles. The third kappa shape index (κ3) is 6.92. The quantitative estimate of drug-likeness (QED) is 0.351. The Morgan fingerprint density at radius 2 is 1.81 bits per heavy atom. The summed E-state index contributed by atoms with van der Waals surface area (Å²) in [5.74, 6) is -0.795. The van der Waals surface area contributed by atoms with Gasteiger partial charge < -0.3 is 14.5 Å². The Hall–Kier alpha value is -3.09. The van der Waals surface area contributed by atoms with Gasteiger partial charge in [0.15, 0.2) is 5.65 Å². The van der Waals surface area contributed by atoms with Gasteiger partial charge in [-0.1, -0.05) is 13.8 Å². The average molecular weight is 601 g/mol. The number of anilines is 1. The Morgan fingerprint density at radius 3 is 2.45 bits per heavy atom. The van der Waals surface area contributed by atoms with Crippen molar-refractivity contribution in [1.82, 2.24) is 24.4 Å². The summed E-state index contributed by atoms with van der Waals surface area (Å²) in [5, 5.41) is 5.68. The summed E-state index contributed by atoms with van der Waals surface area (Å²) in [5.41, 5.74) is 2.62. The molecule has 42 heavy (non-hydrogen) atoms. The number of piperidine rings is 1. The number of carbonyl (C=O) groups is 1. The molecule has 5 rings (SSSR count). The zero-order valence-electron chi connectivity index (χ0n) is 24.7. The van der Waals surface area contributed by atoms with E-state index in [-0.39, 0.29) is 23.2 Å². The van der Waals surface area contributed by atoms with E-state index in [2.05, 4.69) is 19.5 Å². The van der Waals surface area contributed by atoms with Crippen molar-refractivity contribution in [3.05, 3.63) is 47.5 Å². The van der Waals surface area contributed by atoms with Crippen molar-refractivity contribution < 1.29 is 22.3 Å². The smallest absolute Gasteiger partial charge is 0.283 e. The number of hydrogen-bond donors (Lipinski definition) is 1. The summed E-state index contributed by atoms with van der Waals surface area (Å²) in [4.78, 5) is 22.6. The molecule has 0 spiro atoms. The molecule has 1 N–H and O–H groups in total. The summed E-state index contributed by atoms with van der Waals surface area (Å²) in [6.45, 7) is 8.95. The van der Waals surface area contributed by atoms with Gasteiger partial charge in [0.05, 0.1) is 28.2 Å². The van der Waals surface area contributed by atoms with Crippen molar-refractivity contribution in [2.75, 3.05) is 57.1 Å². The van der Waals surface area contributed by atoms with Crippen molar-refractivity contribution in [3.63, 3.8) is 0 Å². The zero-order chi connectivity index (χ0) is 29.9. The number of likely N-dealkylation sites (tertiary alicyclic amines) is 1. The van der Waals surface area contributed by atoms with E-state index in [1.807, 2.05) is 13.8 Å². The van der Waals surface area contributed by atoms with E-state index in [0.29, 0.717) is 36.8 Å². The van der Waals surface area contributed by atoms with E-state index in [0.717, 1.165) is 68.6 Å². The van der Waals surface area contributed by atoms with Crippen molar-refractivity contribution in [2.45, 2.75) is 51.9 Å². The second kappa shape index (κ2) is 13.0. The fraction of sp³-hybridized carbons (Fsp3) is 0.567. The highest BCUT2D eigenvalue weighted by Crippen LogP contribution is 2.36. The Kier molecular flexibility index (Phi) is 9.44. The molecule has 0 unspecified atom stereocenters. The second-order valence-electron chi connectivity index (χ2n) is 11.7. The minimum atomic E-state index is -3.86. The summed E-state index contributed by atoms with van der Waals surface area (Å²) < 4.78 is 48.8. The Bertz CT molecular complexity index is 1490. The number of rotatable bonds is 11. The SMILES string of the molecule is COCC1CCN(c2cc(C(=O)NS(=O)(=O)CCCN3CCCC3)nc3c2c(C(C)C)nn3-c2ccc(F)cc2)CC1. The van der Waals surface area contributed by atoms with E-state index in [1.165, 1.54) is 12.1 Å². The summed E-state index contributed by atoms with van der Waals surface area (Å²) in [6, 6.07) is 7.62. The third-order valence-electron chi connectivity index (χ3n) is 8.19. The molecule has 0 atom stereocenters. The fourth-order valence-corrected chi connectivity index (χ4v) is 6.96. The van der Waals surface area contributed by atoms with Gasteiger partial charge in [0.25, 0.3) is 5.91 Å². The van der Waals surface area contributed by atoms with Crippen LogP contribution in [0.1, 0.15) is 68.1 Å². The number of carbonyl (C=O) groups excluding carboxylic acids is 1. The Labute approximate surface area is 247 Å². The van der Waals surface area contributed by atoms with Crippen molar-refractivity contribution in [3.8, 4) is 5.69 Å². The number of sulfonamides is 1. The fourth-order valence-electron chi connectivity index (χ4n) is 5.96. The second-order valence-corrected chi connectivity index (χ2v) is 13.5. The first-order valence-corrected chi connectivity index (χ1v) is 16.5. The lowest BCUT2D eigenvalue weighted by molar-refractivity contribution is 0.0977. The standard InChI is InChI=1S/C30H41FN6O4S/c1-21(2)28-27-26(36-16-11-22(12-17-36)20-41-3)19-25(32-29(27)37(33-28)24-9-7-23(31)8-10-24)30(38)34-42(39,40)18-6-15-35-13-4-5-14-35/h7-10,19,21-22H,4-6,11-18,20H2,1-3H3,(H,34,38). The van der Waals surface area contributed by atoms with Crippen LogP contribution in [-0.2, 0) is 14.8 Å². The maximum absolute atomic E-state index is 13.8. The number of benzene rings is 1. The lowest BCUT2D eigenvalue weighted by Gasteiger charge is -2.34. The van der Waals surface area contributed by atoms with E-state index in [4.69, 9.17) is 9.84 Å². The molecule has 12 heteroatoms. The third-order valence-corrected chi connectivity index (χ3v) is 9.51. The van der Waals surface area contributed by atoms with Crippen LogP contribution in [0.5, 0.6) is 0 Å². The molecule has 10 nitrogen and oxygen atoms in total. The van der Waals surface area contributed by atoms with Crippen LogP contribution in [0.4, 0.5) is 10.1 Å². The molecular formula is C30H41FN6O4S. The van der Waals surface area contributed by atoms with Crippen molar-refractivity contribution in [2.24, 2.45) is 5.92 Å². The average Bonchev–Trinajstić information content (AvgIpc) is 3.62. The van der Waals surface area contributed by atoms with Crippen molar-refractivity contribution >= 4 is 32.7 Å². The molecule has 0 radical (unpaired) electrons. The number of fused-ring (bicyclic) bond motifs is 1. The largest absolute Gasteiger partial charge is 0.384 e. The highest BCUT2D eigenvalue weighted by molar-refractivity contribution is 7.90. The monoisotopic (exact) mass is 600 g/mol. The van der Waals surface area contributed by atoms with Crippen LogP contribution in [0.2, 0.25) is 0 Å². The van der Waals surface area contributed by atoms with Crippen LogP contribution in [0.15, 0.2) is 30.3 Å². The van der Waals surface area contributed by atoms with Gasteiger partial charge in [-0.05, 0) is 93.9 Å². The number of amides is 1. The van der Waals surface area contributed by atoms with E-state index >= 15 is 0 Å². The number of nitrogens with zero attached hydrogens (tertiary/aromatic N) is 5. The first-order chi connectivity index (χ1) is 20.1. The predicted octanol–water partition coefficient (Wildman–Crippen LogP) is 4.09. The van der Waals surface area contributed by atoms with Gasteiger partial charge in [-0.15, -0.1) is 0 Å². The van der Waals surface area contributed by atoms with Gasteiger partial charge in [-0.25, -0.2) is 27.2 Å². The maximum atomic E-state index is 13.8. The zero-order valence-corrected chi connectivity index (χ0v) is 25.5. The number of aromatic nitrogens is 3. The molecule has 1 aromatic carbocycles. The number of ether oxygens (including phenoxy) is 1. The van der Waals surface area contributed by atoms with Gasteiger partial charge in [-0.3, -0.25) is 4.79 Å². The van der Waals surface area contributed by atoms with Gasteiger partial charge >= 0.3 is 0 Å². The molecule has 2 aliphatic rings. The van der Waals surface area contributed by atoms with Crippen LogP contribution >= 0.6 is 0 Å². The Balaban J connectivity index is 1.51. The molecule has 2 aliphatic heterocycles. The summed E-state index contributed by atoms with van der Waals surface area (Å²) in [7, 11) is -2.15. The van der Waals surface area contributed by atoms with Crippen LogP contribution in [0.3, 0.4) is 0 Å². The number of methoxy groups -OCH3 is 1. The summed E-state index contributed by atoms with van der Waals surface area (Å²) >= 11 is 0. The molecule has 2 saturated heterocycles. The van der Waals surface area contributed by atoms with E-state index in [1.54, 1.807) is 30.0 Å². The summed E-state index contributed by atoms with van der Waals surface area (Å²) in [6.07, 6.45) is 4.57. The number of pyridine rings is 1. The van der Waals surface area contributed by atoms with Gasteiger partial charge in [-0.2, -0.15) is 5.10 Å². The van der Waals surface area contributed by atoms with Crippen LogP contribution in [-0.4, -0.2) is 86.2 Å². The number of hydrogen-bond acceptors (Lipinski definition) is 8. The lowest BCUT2D eigenvalue weighted by Crippen LogP contribution is -2.36. The topological polar surface area (TPSA) is 110 Å². The Morgan fingerprint density at radius 1 is 1.12 bits per heavy atom. The molecule has 2 aromatic heterocycles. The minimum Gasteiger partial charge on any atom is -0.384 e. The van der Waals surface area contributed by atoms with Crippen LogP contribution in [0, 0.1) is 11.7 Å². The molecule has 0 bridgehead atoms. The van der Waals surface area contributed by atoms with Gasteiger partial charge in [0.1, 0.15) is 11.5 Å². The maximum Gasteiger partial charge on any atom is 0.283 e. The first-order valence-electron chi connectivity index (χ1n) is 14.9. The molecule has 0 aliphatic carbocycles. The van der Waals surface area contributed by atoms with Gasteiger partial charge in [0, 0.05) is 26.8 Å². The predicted molar refractivity (Wildman–Crippen MR) is 161 cm³/mol. The first kappa shape index (κ1) is 30.4. The molecule has 3 aromatic rings. The number of nitrogens with one attached hydrogen (secondary N) is 1. The lowest BCUT2D eigenvalue weighted by atomic mass is 9.96. The molecular weight excluding hydrogens is 559 g/mol. The minimum absolute atomic E-state index is 0.00167. The van der Waals surface area contributed by atoms with Crippen LogP contribution in [0.25, 0.3) is 16.7 Å². The van der Waals surface area contributed by atoms with Gasteiger partial charge in [0.2, 0.25) is 10.0 Å². The highest BCUT2D eigenvalue weighted by atomic mass is 32.2. The van der Waals surface area contributed by atoms with E-state index in [9.17, 15) is 17.6 Å². The van der Waals surface area contributed by atoms with Crippen LogP contribution < -0.4 is 9.62 Å². The highest BCUT2D eigenvalue weighted by Gasteiger charge is 2.28. The normalized spacial score (nSPS) is 17.0. The molecule has 1 amide bonds. The molecule has 2 fully saturated rings.